The first-order chi connectivity index (χ1) is 9.90. The Kier molecular flexibility index (Phi) is 5.39. The quantitative estimate of drug-likeness (QED) is 0.704. The van der Waals surface area contributed by atoms with Gasteiger partial charge in [-0.3, -0.25) is 9.59 Å². The Bertz CT molecular complexity index is 509. The number of ether oxygens (including phenoxy) is 1. The number of carbonyl (C=O) groups is 3. The Morgan fingerprint density at radius 3 is 2.60 bits per heavy atom. The standard InChI is InChI=1S/C13H16N2O5/c1-9(12(17)18)15-11(16)7-14-13(19)20-8-10-5-3-2-4-6-10/h2-6,9H,7-8H2,1H3,(H,14,19)(H,15,16)(H,17,18)/t9-/m0/s1/i/hD. The van der Waals surface area contributed by atoms with Crippen LogP contribution >= 0.6 is 0 Å². The fourth-order valence-electron chi connectivity index (χ4n) is 1.25. The van der Waals surface area contributed by atoms with Gasteiger partial charge in [0.1, 0.15) is 19.2 Å². The summed E-state index contributed by atoms with van der Waals surface area (Å²) in [5.74, 6) is -1.96. The van der Waals surface area contributed by atoms with Crippen LogP contribution in [0.4, 0.5) is 4.79 Å². The van der Waals surface area contributed by atoms with Crippen LogP contribution in [0.3, 0.4) is 0 Å². The lowest BCUT2D eigenvalue weighted by molar-refractivity contribution is -0.141. The van der Waals surface area contributed by atoms with E-state index in [2.05, 4.69) is 5.32 Å². The SMILES string of the molecule is [2H]N(CC(=O)N[C@@H](C)C(=O)O)C(=O)OCc1ccccc1. The Balaban J connectivity index is 2.37. The van der Waals surface area contributed by atoms with Gasteiger partial charge in [-0.05, 0) is 12.5 Å². The van der Waals surface area contributed by atoms with Crippen molar-refractivity contribution in [3.05, 3.63) is 35.9 Å². The van der Waals surface area contributed by atoms with E-state index in [1.165, 1.54) is 6.92 Å². The molecular weight excluding hydrogens is 264 g/mol. The topological polar surface area (TPSA) is 105 Å². The Labute approximate surface area is 117 Å². The number of aliphatic carboxylic acids is 1. The largest absolute Gasteiger partial charge is 0.480 e. The minimum absolute atomic E-state index is 0.0117. The van der Waals surface area contributed by atoms with Crippen molar-refractivity contribution in [2.45, 2.75) is 19.6 Å². The summed E-state index contributed by atoms with van der Waals surface area (Å²) in [4.78, 5) is 33.4. The van der Waals surface area contributed by atoms with Crippen LogP contribution in [-0.2, 0) is 20.9 Å². The molecule has 1 aromatic rings. The van der Waals surface area contributed by atoms with Crippen molar-refractivity contribution < 1.29 is 25.6 Å². The molecule has 20 heavy (non-hydrogen) atoms. The zero-order valence-corrected chi connectivity index (χ0v) is 10.9. The van der Waals surface area contributed by atoms with Gasteiger partial charge in [-0.25, -0.2) is 4.79 Å². The van der Waals surface area contributed by atoms with Gasteiger partial charge in [-0.1, -0.05) is 30.3 Å². The summed E-state index contributed by atoms with van der Waals surface area (Å²) < 4.78 is 12.2. The monoisotopic (exact) mass is 281 g/mol. The number of alkyl carbamates (subject to hydrolysis) is 1. The van der Waals surface area contributed by atoms with Crippen molar-refractivity contribution in [3.63, 3.8) is 0 Å². The maximum atomic E-state index is 11.5. The van der Waals surface area contributed by atoms with E-state index in [0.717, 1.165) is 5.56 Å². The fourth-order valence-corrected chi connectivity index (χ4v) is 1.25. The molecule has 1 atom stereocenters. The number of benzene rings is 1. The third-order valence-electron chi connectivity index (χ3n) is 2.30. The van der Waals surface area contributed by atoms with Crippen LogP contribution in [0.25, 0.3) is 0 Å². The van der Waals surface area contributed by atoms with E-state index in [4.69, 9.17) is 11.3 Å². The maximum absolute atomic E-state index is 11.5. The zero-order valence-electron chi connectivity index (χ0n) is 11.9. The number of carbonyl (C=O) groups excluding carboxylic acids is 2. The molecule has 2 amide bonds. The summed E-state index contributed by atoms with van der Waals surface area (Å²) in [6, 6.07) is 7.79. The Morgan fingerprint density at radius 2 is 2.00 bits per heavy atom. The number of carboxylic acid groups (broad SMARTS) is 1. The summed E-state index contributed by atoms with van der Waals surface area (Å²) in [5.41, 5.74) is 0.753. The molecule has 0 aliphatic heterocycles. The summed E-state index contributed by atoms with van der Waals surface area (Å²) in [5, 5.41) is 11.1. The van der Waals surface area contributed by atoms with Crippen LogP contribution in [0.2, 0.25) is 1.41 Å². The normalized spacial score (nSPS) is 11.9. The predicted octanol–water partition coefficient (Wildman–Crippen LogP) is 0.502. The second-order valence-electron chi connectivity index (χ2n) is 3.98. The van der Waals surface area contributed by atoms with E-state index in [0.29, 0.717) is 5.31 Å². The molecule has 0 aromatic heterocycles. The van der Waals surface area contributed by atoms with Crippen molar-refractivity contribution in [1.82, 2.24) is 10.6 Å². The summed E-state index contributed by atoms with van der Waals surface area (Å²) in [6.07, 6.45) is -0.989. The van der Waals surface area contributed by atoms with Crippen molar-refractivity contribution in [2.24, 2.45) is 0 Å². The second-order valence-corrected chi connectivity index (χ2v) is 3.98. The molecule has 0 bridgehead atoms. The van der Waals surface area contributed by atoms with Crippen LogP contribution in [0, 0.1) is 0 Å². The predicted molar refractivity (Wildman–Crippen MR) is 69.9 cm³/mol. The average Bonchev–Trinajstić information content (AvgIpc) is 2.45. The molecule has 0 saturated carbocycles. The lowest BCUT2D eigenvalue weighted by atomic mass is 10.2. The highest BCUT2D eigenvalue weighted by Crippen LogP contribution is 2.00. The molecule has 0 radical (unpaired) electrons. The maximum Gasteiger partial charge on any atom is 0.407 e. The molecule has 0 fully saturated rings. The van der Waals surface area contributed by atoms with Crippen LogP contribution in [0.1, 0.15) is 12.5 Å². The van der Waals surface area contributed by atoms with E-state index in [1.807, 2.05) is 6.07 Å². The highest BCUT2D eigenvalue weighted by Gasteiger charge is 2.14. The van der Waals surface area contributed by atoms with Gasteiger partial charge < -0.3 is 20.5 Å². The second kappa shape index (κ2) is 7.78. The molecule has 0 aliphatic carbocycles. The van der Waals surface area contributed by atoms with E-state index < -0.39 is 30.6 Å². The first-order valence-corrected chi connectivity index (χ1v) is 5.89. The summed E-state index contributed by atoms with van der Waals surface area (Å²) >= 11 is 0. The first kappa shape index (κ1) is 13.9. The fraction of sp³-hybridized carbons (Fsp3) is 0.308. The van der Waals surface area contributed by atoms with E-state index in [-0.39, 0.29) is 6.61 Å². The zero-order chi connectivity index (χ0) is 15.8. The number of amides is 2. The molecule has 0 aliphatic rings. The molecule has 7 heteroatoms. The lowest BCUT2D eigenvalue weighted by Crippen LogP contribution is -2.44. The molecule has 7 nitrogen and oxygen atoms in total. The van der Waals surface area contributed by atoms with Crippen molar-refractivity contribution in [1.29, 1.82) is 0 Å². The van der Waals surface area contributed by atoms with Gasteiger partial charge >= 0.3 is 12.1 Å². The Hall–Kier alpha value is -2.57. The highest BCUT2D eigenvalue weighted by atomic mass is 16.5. The van der Waals surface area contributed by atoms with Crippen molar-refractivity contribution >= 4 is 18.0 Å². The smallest absolute Gasteiger partial charge is 0.407 e. The number of hydrogen-bond donors (Lipinski definition) is 3. The van der Waals surface area contributed by atoms with Gasteiger partial charge in [0, 0.05) is 0 Å². The molecule has 0 unspecified atom stereocenters. The molecule has 0 spiro atoms. The van der Waals surface area contributed by atoms with Crippen molar-refractivity contribution in [3.8, 4) is 0 Å². The minimum atomic E-state index is -1.20. The number of carboxylic acids is 1. The Morgan fingerprint density at radius 1 is 1.35 bits per heavy atom. The van der Waals surface area contributed by atoms with E-state index in [9.17, 15) is 14.4 Å². The molecule has 108 valence electrons. The molecule has 0 saturated heterocycles. The van der Waals surface area contributed by atoms with Gasteiger partial charge in [-0.2, -0.15) is 0 Å². The molecular formula is C13H16N2O5. The van der Waals surface area contributed by atoms with E-state index in [1.54, 1.807) is 24.3 Å². The molecule has 1 aromatic carbocycles. The van der Waals surface area contributed by atoms with Crippen LogP contribution in [-0.4, -0.2) is 35.7 Å². The highest BCUT2D eigenvalue weighted by molar-refractivity contribution is 5.86. The third kappa shape index (κ3) is 5.85. The van der Waals surface area contributed by atoms with Crippen LogP contribution in [0.5, 0.6) is 0 Å². The molecule has 3 N–H and O–H groups in total. The molecule has 1 rings (SSSR count). The van der Waals surface area contributed by atoms with Crippen LogP contribution in [0.15, 0.2) is 30.3 Å². The van der Waals surface area contributed by atoms with Gasteiger partial charge in [0.15, 0.2) is 1.41 Å². The number of rotatable bonds is 6. The number of hydrogen-bond acceptors (Lipinski definition) is 4. The van der Waals surface area contributed by atoms with E-state index >= 15 is 0 Å². The van der Waals surface area contributed by atoms with Crippen molar-refractivity contribution in [2.75, 3.05) is 6.54 Å². The van der Waals surface area contributed by atoms with Gasteiger partial charge in [0.25, 0.3) is 0 Å². The molecule has 0 heterocycles. The van der Waals surface area contributed by atoms with Gasteiger partial charge in [0.2, 0.25) is 5.91 Å². The first-order valence-electron chi connectivity index (χ1n) is 6.34. The van der Waals surface area contributed by atoms with Gasteiger partial charge in [0.05, 0.1) is 0 Å². The summed E-state index contributed by atoms with van der Waals surface area (Å²) in [7, 11) is 0. The minimum Gasteiger partial charge on any atom is -0.480 e. The third-order valence-corrected chi connectivity index (χ3v) is 2.30. The van der Waals surface area contributed by atoms with Gasteiger partial charge in [-0.15, -0.1) is 0 Å². The van der Waals surface area contributed by atoms with Crippen LogP contribution < -0.4 is 10.6 Å². The summed E-state index contributed by atoms with van der Waals surface area (Å²) in [6.45, 7) is 0.662. The lowest BCUT2D eigenvalue weighted by Gasteiger charge is -2.10. The number of nitrogens with one attached hydrogen (secondary N) is 2. The average molecular weight is 281 g/mol.